The van der Waals surface area contributed by atoms with Crippen molar-refractivity contribution in [1.29, 1.82) is 0 Å². The fourth-order valence-electron chi connectivity index (χ4n) is 2.45. The fraction of sp³-hybridized carbons (Fsp3) is 0.222. The molecule has 0 aliphatic carbocycles. The average molecular weight is 377 g/mol. The highest BCUT2D eigenvalue weighted by molar-refractivity contribution is 5.93. The van der Waals surface area contributed by atoms with Gasteiger partial charge in [-0.2, -0.15) is 0 Å². The van der Waals surface area contributed by atoms with E-state index in [9.17, 15) is 13.9 Å². The first-order chi connectivity index (χ1) is 13.0. The van der Waals surface area contributed by atoms with Gasteiger partial charge < -0.3 is 24.6 Å². The molecule has 3 aromatic rings. The summed E-state index contributed by atoms with van der Waals surface area (Å²) < 4.78 is 43.9. The van der Waals surface area contributed by atoms with Crippen molar-refractivity contribution in [2.75, 3.05) is 32.8 Å². The molecule has 0 bridgehead atoms. The first-order valence-corrected chi connectivity index (χ1v) is 7.93. The highest BCUT2D eigenvalue weighted by Gasteiger charge is 2.17. The van der Waals surface area contributed by atoms with Crippen molar-refractivity contribution in [3.8, 4) is 17.2 Å². The van der Waals surface area contributed by atoms with E-state index < -0.39 is 23.1 Å². The molecule has 2 N–H and O–H groups in total. The predicted octanol–water partition coefficient (Wildman–Crippen LogP) is 3.39. The molecule has 27 heavy (non-hydrogen) atoms. The second-order valence-electron chi connectivity index (χ2n) is 5.46. The summed E-state index contributed by atoms with van der Waals surface area (Å²) in [6, 6.07) is 5.11. The maximum atomic E-state index is 14.1. The van der Waals surface area contributed by atoms with Crippen LogP contribution in [-0.2, 0) is 4.74 Å². The number of fused-ring (bicyclic) bond motifs is 1. The Morgan fingerprint density at radius 3 is 2.63 bits per heavy atom. The van der Waals surface area contributed by atoms with Gasteiger partial charge in [-0.1, -0.05) is 0 Å². The van der Waals surface area contributed by atoms with E-state index in [1.165, 1.54) is 13.4 Å². The summed E-state index contributed by atoms with van der Waals surface area (Å²) in [6.07, 6.45) is 1.24. The molecule has 0 unspecified atom stereocenters. The van der Waals surface area contributed by atoms with Crippen molar-refractivity contribution in [2.24, 2.45) is 0 Å². The SMILES string of the molecule is COCCOc1cc2ncnc(Nc3c(F)ccc(O)c3F)c2cc1OC. The number of rotatable bonds is 7. The smallest absolute Gasteiger partial charge is 0.191 e. The predicted molar refractivity (Wildman–Crippen MR) is 94.8 cm³/mol. The number of ether oxygens (including phenoxy) is 3. The number of hydrogen-bond acceptors (Lipinski definition) is 7. The quantitative estimate of drug-likeness (QED) is 0.611. The van der Waals surface area contributed by atoms with Crippen LogP contribution in [-0.4, -0.2) is 42.5 Å². The third kappa shape index (κ3) is 3.82. The second-order valence-corrected chi connectivity index (χ2v) is 5.46. The van der Waals surface area contributed by atoms with Crippen LogP contribution in [0.3, 0.4) is 0 Å². The molecule has 2 aromatic carbocycles. The van der Waals surface area contributed by atoms with E-state index >= 15 is 0 Å². The van der Waals surface area contributed by atoms with E-state index in [-0.39, 0.29) is 5.82 Å². The molecule has 0 spiro atoms. The molecule has 0 radical (unpaired) electrons. The number of hydrogen-bond donors (Lipinski definition) is 2. The van der Waals surface area contributed by atoms with Crippen LogP contribution in [0, 0.1) is 11.6 Å². The minimum absolute atomic E-state index is 0.144. The van der Waals surface area contributed by atoms with Crippen molar-refractivity contribution < 1.29 is 28.1 Å². The highest BCUT2D eigenvalue weighted by atomic mass is 19.1. The molecule has 0 aliphatic heterocycles. The van der Waals surface area contributed by atoms with Gasteiger partial charge in [-0.05, 0) is 18.2 Å². The molecule has 0 saturated carbocycles. The second kappa shape index (κ2) is 8.00. The lowest BCUT2D eigenvalue weighted by Crippen LogP contribution is -2.06. The van der Waals surface area contributed by atoms with Gasteiger partial charge in [0.05, 0.1) is 19.2 Å². The Morgan fingerprint density at radius 1 is 1.07 bits per heavy atom. The summed E-state index contributed by atoms with van der Waals surface area (Å²) in [6.45, 7) is 0.710. The van der Waals surface area contributed by atoms with Gasteiger partial charge in [0.2, 0.25) is 0 Å². The van der Waals surface area contributed by atoms with Crippen LogP contribution in [0.1, 0.15) is 0 Å². The van der Waals surface area contributed by atoms with Gasteiger partial charge in [0, 0.05) is 18.6 Å². The van der Waals surface area contributed by atoms with E-state index in [0.29, 0.717) is 35.6 Å². The number of benzene rings is 2. The molecular formula is C18H17F2N3O4. The Bertz CT molecular complexity index is 969. The standard InChI is InChI=1S/C18H17F2N3O4/c1-25-5-6-27-15-8-12-10(7-14(15)26-2)18(22-9-21-12)23-17-11(19)3-4-13(24)16(17)20/h3-4,7-9,24H,5-6H2,1-2H3,(H,21,22,23). The lowest BCUT2D eigenvalue weighted by Gasteiger charge is -2.14. The van der Waals surface area contributed by atoms with Crippen molar-refractivity contribution in [2.45, 2.75) is 0 Å². The van der Waals surface area contributed by atoms with Crippen LogP contribution < -0.4 is 14.8 Å². The monoisotopic (exact) mass is 377 g/mol. The first kappa shape index (κ1) is 18.6. The Kier molecular flexibility index (Phi) is 5.51. The normalized spacial score (nSPS) is 10.8. The van der Waals surface area contributed by atoms with Gasteiger partial charge >= 0.3 is 0 Å². The van der Waals surface area contributed by atoms with Crippen LogP contribution in [0.25, 0.3) is 10.9 Å². The largest absolute Gasteiger partial charge is 0.505 e. The minimum atomic E-state index is -1.12. The Labute approximate surface area is 153 Å². The zero-order valence-corrected chi connectivity index (χ0v) is 14.6. The number of phenols is 1. The molecule has 7 nitrogen and oxygen atoms in total. The molecule has 0 amide bonds. The van der Waals surface area contributed by atoms with E-state index in [4.69, 9.17) is 14.2 Å². The van der Waals surface area contributed by atoms with Crippen LogP contribution in [0.2, 0.25) is 0 Å². The number of nitrogens with one attached hydrogen (secondary N) is 1. The summed E-state index contributed by atoms with van der Waals surface area (Å²) in [7, 11) is 3.03. The maximum Gasteiger partial charge on any atom is 0.191 e. The number of nitrogens with zero attached hydrogens (tertiary/aromatic N) is 2. The minimum Gasteiger partial charge on any atom is -0.505 e. The maximum absolute atomic E-state index is 14.1. The summed E-state index contributed by atoms with van der Waals surface area (Å²) in [5, 5.41) is 12.5. The molecular weight excluding hydrogens is 360 g/mol. The number of aromatic nitrogens is 2. The average Bonchev–Trinajstić information content (AvgIpc) is 2.68. The Morgan fingerprint density at radius 2 is 1.89 bits per heavy atom. The summed E-state index contributed by atoms with van der Waals surface area (Å²) in [5.74, 6) is -1.68. The molecule has 0 saturated heterocycles. The van der Waals surface area contributed by atoms with Gasteiger partial charge in [-0.25, -0.2) is 18.7 Å². The van der Waals surface area contributed by atoms with Crippen molar-refractivity contribution in [3.05, 3.63) is 42.2 Å². The lowest BCUT2D eigenvalue weighted by atomic mass is 10.2. The van der Waals surface area contributed by atoms with Crippen LogP contribution in [0.15, 0.2) is 30.6 Å². The van der Waals surface area contributed by atoms with Crippen LogP contribution >= 0.6 is 0 Å². The van der Waals surface area contributed by atoms with E-state index in [2.05, 4.69) is 15.3 Å². The Hall–Kier alpha value is -3.20. The number of methoxy groups -OCH3 is 2. The third-order valence-electron chi connectivity index (χ3n) is 3.78. The molecule has 1 heterocycles. The molecule has 0 fully saturated rings. The third-order valence-corrected chi connectivity index (χ3v) is 3.78. The molecule has 0 aliphatic rings. The summed E-state index contributed by atoms with van der Waals surface area (Å²) >= 11 is 0. The summed E-state index contributed by atoms with van der Waals surface area (Å²) in [5.41, 5.74) is -0.0453. The number of phenolic OH excluding ortho intramolecular Hbond substituents is 1. The zero-order valence-electron chi connectivity index (χ0n) is 14.6. The van der Waals surface area contributed by atoms with Crippen molar-refractivity contribution in [3.63, 3.8) is 0 Å². The highest BCUT2D eigenvalue weighted by Crippen LogP contribution is 2.36. The van der Waals surface area contributed by atoms with E-state index in [1.54, 1.807) is 19.2 Å². The van der Waals surface area contributed by atoms with Gasteiger partial charge in [0.15, 0.2) is 23.1 Å². The van der Waals surface area contributed by atoms with E-state index in [1.807, 2.05) is 0 Å². The fourth-order valence-corrected chi connectivity index (χ4v) is 2.45. The number of halogens is 2. The number of anilines is 2. The molecule has 1 aromatic heterocycles. The van der Waals surface area contributed by atoms with E-state index in [0.717, 1.165) is 12.1 Å². The topological polar surface area (TPSA) is 85.7 Å². The van der Waals surface area contributed by atoms with Crippen molar-refractivity contribution >= 4 is 22.4 Å². The van der Waals surface area contributed by atoms with Gasteiger partial charge in [0.25, 0.3) is 0 Å². The van der Waals surface area contributed by atoms with Crippen LogP contribution in [0.4, 0.5) is 20.3 Å². The van der Waals surface area contributed by atoms with Gasteiger partial charge in [-0.3, -0.25) is 0 Å². The Balaban J connectivity index is 2.03. The number of aromatic hydroxyl groups is 1. The zero-order chi connectivity index (χ0) is 19.4. The summed E-state index contributed by atoms with van der Waals surface area (Å²) in [4.78, 5) is 8.20. The van der Waals surface area contributed by atoms with Crippen molar-refractivity contribution in [1.82, 2.24) is 9.97 Å². The molecule has 142 valence electrons. The first-order valence-electron chi connectivity index (χ1n) is 7.93. The van der Waals surface area contributed by atoms with Gasteiger partial charge in [-0.15, -0.1) is 0 Å². The molecule has 0 atom stereocenters. The lowest BCUT2D eigenvalue weighted by molar-refractivity contribution is 0.144. The molecule has 9 heteroatoms. The van der Waals surface area contributed by atoms with Gasteiger partial charge in [0.1, 0.15) is 30.3 Å². The molecule has 3 rings (SSSR count). The van der Waals surface area contributed by atoms with Crippen LogP contribution in [0.5, 0.6) is 17.2 Å².